The number of nitrogens with one attached hydrogen (secondary N) is 2. The zero-order valence-corrected chi connectivity index (χ0v) is 11.9. The van der Waals surface area contributed by atoms with Gasteiger partial charge in [-0.15, -0.1) is 0 Å². The van der Waals surface area contributed by atoms with Crippen LogP contribution in [0.3, 0.4) is 0 Å². The molecule has 3 rings (SSSR count). The number of hydrogen-bond acceptors (Lipinski definition) is 2. The van der Waals surface area contributed by atoms with E-state index < -0.39 is 0 Å². The second-order valence-electron chi connectivity index (χ2n) is 5.62. The molecule has 2 N–H and O–H groups in total. The quantitative estimate of drug-likeness (QED) is 0.873. The summed E-state index contributed by atoms with van der Waals surface area (Å²) in [6.07, 6.45) is 4.91. The Kier molecular flexibility index (Phi) is 3.32. The summed E-state index contributed by atoms with van der Waals surface area (Å²) >= 11 is 3.28. The van der Waals surface area contributed by atoms with Crippen LogP contribution in [0.1, 0.15) is 25.7 Å². The molecule has 1 saturated carbocycles. The van der Waals surface area contributed by atoms with E-state index in [-0.39, 0.29) is 5.82 Å². The molecule has 1 aliphatic carbocycles. The minimum Gasteiger partial charge on any atom is -0.380 e. The first-order valence-electron chi connectivity index (χ1n) is 6.59. The molecule has 1 aliphatic heterocycles. The molecule has 2 aliphatic rings. The monoisotopic (exact) mass is 312 g/mol. The van der Waals surface area contributed by atoms with Crippen LogP contribution in [0, 0.1) is 11.2 Å². The maximum Gasteiger partial charge on any atom is 0.147 e. The first kappa shape index (κ1) is 12.4. The lowest BCUT2D eigenvalue weighted by atomic mass is 9.60. The molecule has 0 radical (unpaired) electrons. The fourth-order valence-corrected chi connectivity index (χ4v) is 3.61. The van der Waals surface area contributed by atoms with E-state index >= 15 is 0 Å². The van der Waals surface area contributed by atoms with E-state index in [1.165, 1.54) is 31.7 Å². The molecule has 98 valence electrons. The van der Waals surface area contributed by atoms with E-state index in [0.717, 1.165) is 17.6 Å². The Hall–Kier alpha value is -0.610. The third-order valence-corrected chi connectivity index (χ3v) is 4.81. The Bertz CT molecular complexity index is 435. The van der Waals surface area contributed by atoms with Gasteiger partial charge in [0.15, 0.2) is 0 Å². The van der Waals surface area contributed by atoms with Crippen molar-refractivity contribution < 1.29 is 4.39 Å². The summed E-state index contributed by atoms with van der Waals surface area (Å²) in [7, 11) is 0. The van der Waals surface area contributed by atoms with Crippen LogP contribution in [0.4, 0.5) is 10.1 Å². The smallest absolute Gasteiger partial charge is 0.147 e. The van der Waals surface area contributed by atoms with Crippen LogP contribution in [0.5, 0.6) is 0 Å². The first-order valence-corrected chi connectivity index (χ1v) is 7.39. The molecule has 1 heterocycles. The van der Waals surface area contributed by atoms with Crippen LogP contribution in [0.15, 0.2) is 22.7 Å². The summed E-state index contributed by atoms with van der Waals surface area (Å²) in [5.41, 5.74) is 1.17. The van der Waals surface area contributed by atoms with Crippen LogP contribution < -0.4 is 10.6 Å². The van der Waals surface area contributed by atoms with Crippen molar-refractivity contribution in [3.63, 3.8) is 0 Å². The van der Waals surface area contributed by atoms with Gasteiger partial charge in [-0.2, -0.15) is 0 Å². The molecule has 1 aromatic carbocycles. The maximum absolute atomic E-state index is 13.7. The Balaban J connectivity index is 1.59. The molecule has 2 fully saturated rings. The first-order chi connectivity index (χ1) is 8.67. The summed E-state index contributed by atoms with van der Waals surface area (Å²) < 4.78 is 14.5. The molecule has 0 atom stereocenters. The molecular formula is C14H18BrFN2. The highest BCUT2D eigenvalue weighted by Gasteiger charge is 2.44. The third kappa shape index (κ3) is 2.41. The van der Waals surface area contributed by atoms with Gasteiger partial charge in [-0.25, -0.2) is 4.39 Å². The third-order valence-electron chi connectivity index (χ3n) is 4.31. The number of anilines is 1. The molecule has 0 unspecified atom stereocenters. The average Bonchev–Trinajstić information content (AvgIpc) is 2.32. The number of piperidine rings is 1. The standard InChI is InChI=1S/C14H18BrFN2/c15-10-1-2-13(12(16)7-10)18-11-8-14(9-11)3-5-17-6-4-14/h1-2,7,11,17-18H,3-6,8-9H2. The van der Waals surface area contributed by atoms with Crippen molar-refractivity contribution in [1.82, 2.24) is 5.32 Å². The molecular weight excluding hydrogens is 295 g/mol. The van der Waals surface area contributed by atoms with Gasteiger partial charge < -0.3 is 10.6 Å². The molecule has 0 amide bonds. The number of hydrogen-bond donors (Lipinski definition) is 2. The Morgan fingerprint density at radius 2 is 2.00 bits per heavy atom. The highest BCUT2D eigenvalue weighted by Crippen LogP contribution is 2.48. The van der Waals surface area contributed by atoms with E-state index in [9.17, 15) is 4.39 Å². The topological polar surface area (TPSA) is 24.1 Å². The van der Waals surface area contributed by atoms with Gasteiger partial charge in [0.1, 0.15) is 5.82 Å². The zero-order chi connectivity index (χ0) is 12.6. The van der Waals surface area contributed by atoms with Crippen LogP contribution in [-0.2, 0) is 0 Å². The lowest BCUT2D eigenvalue weighted by Gasteiger charge is -2.50. The second kappa shape index (κ2) is 4.82. The lowest BCUT2D eigenvalue weighted by Crippen LogP contribution is -2.50. The molecule has 0 aromatic heterocycles. The van der Waals surface area contributed by atoms with E-state index in [2.05, 4.69) is 26.6 Å². The van der Waals surface area contributed by atoms with Crippen LogP contribution >= 0.6 is 15.9 Å². The predicted molar refractivity (Wildman–Crippen MR) is 75.3 cm³/mol. The summed E-state index contributed by atoms with van der Waals surface area (Å²) in [6.45, 7) is 2.28. The molecule has 2 nitrogen and oxygen atoms in total. The van der Waals surface area contributed by atoms with Gasteiger partial charge in [0.25, 0.3) is 0 Å². The molecule has 4 heteroatoms. The number of rotatable bonds is 2. The van der Waals surface area contributed by atoms with Gasteiger partial charge in [-0.3, -0.25) is 0 Å². The highest BCUT2D eigenvalue weighted by atomic mass is 79.9. The van der Waals surface area contributed by atoms with Gasteiger partial charge in [0.2, 0.25) is 0 Å². The Labute approximate surface area is 115 Å². The Morgan fingerprint density at radius 1 is 1.28 bits per heavy atom. The summed E-state index contributed by atoms with van der Waals surface area (Å²) in [4.78, 5) is 0. The molecule has 1 aromatic rings. The van der Waals surface area contributed by atoms with Crippen LogP contribution in [0.25, 0.3) is 0 Å². The van der Waals surface area contributed by atoms with Gasteiger partial charge >= 0.3 is 0 Å². The van der Waals surface area contributed by atoms with Crippen molar-refractivity contribution >= 4 is 21.6 Å². The normalized spacial score (nSPS) is 22.8. The van der Waals surface area contributed by atoms with E-state index in [1.54, 1.807) is 0 Å². The van der Waals surface area contributed by atoms with E-state index in [1.807, 2.05) is 12.1 Å². The minimum atomic E-state index is -0.171. The van der Waals surface area contributed by atoms with Crippen molar-refractivity contribution in [2.75, 3.05) is 18.4 Å². The highest BCUT2D eigenvalue weighted by molar-refractivity contribution is 9.10. The number of benzene rings is 1. The van der Waals surface area contributed by atoms with E-state index in [4.69, 9.17) is 0 Å². The van der Waals surface area contributed by atoms with Gasteiger partial charge in [0, 0.05) is 10.5 Å². The van der Waals surface area contributed by atoms with Crippen molar-refractivity contribution in [2.24, 2.45) is 5.41 Å². The van der Waals surface area contributed by atoms with Crippen molar-refractivity contribution in [1.29, 1.82) is 0 Å². The fourth-order valence-electron chi connectivity index (χ4n) is 3.28. The minimum absolute atomic E-state index is 0.171. The maximum atomic E-state index is 13.7. The molecule has 18 heavy (non-hydrogen) atoms. The number of halogens is 2. The summed E-state index contributed by atoms with van der Waals surface area (Å²) in [6, 6.07) is 5.65. The average molecular weight is 313 g/mol. The molecule has 1 saturated heterocycles. The second-order valence-corrected chi connectivity index (χ2v) is 6.54. The Morgan fingerprint density at radius 3 is 2.67 bits per heavy atom. The predicted octanol–water partition coefficient (Wildman–Crippen LogP) is 3.53. The van der Waals surface area contributed by atoms with Gasteiger partial charge in [0.05, 0.1) is 5.69 Å². The largest absolute Gasteiger partial charge is 0.380 e. The summed E-state index contributed by atoms with van der Waals surface area (Å²) in [5.74, 6) is -0.171. The van der Waals surface area contributed by atoms with Crippen LogP contribution in [0.2, 0.25) is 0 Å². The van der Waals surface area contributed by atoms with Gasteiger partial charge in [-0.1, -0.05) is 15.9 Å². The van der Waals surface area contributed by atoms with Gasteiger partial charge in [-0.05, 0) is 62.4 Å². The SMILES string of the molecule is Fc1cc(Br)ccc1NC1CC2(CCNCC2)C1. The fraction of sp³-hybridized carbons (Fsp3) is 0.571. The van der Waals surface area contributed by atoms with E-state index in [0.29, 0.717) is 17.1 Å². The molecule has 0 bridgehead atoms. The zero-order valence-electron chi connectivity index (χ0n) is 10.3. The van der Waals surface area contributed by atoms with Crippen molar-refractivity contribution in [2.45, 2.75) is 31.7 Å². The summed E-state index contributed by atoms with van der Waals surface area (Å²) in [5, 5.41) is 6.73. The van der Waals surface area contributed by atoms with Crippen LogP contribution in [-0.4, -0.2) is 19.1 Å². The molecule has 1 spiro atoms. The lowest BCUT2D eigenvalue weighted by molar-refractivity contribution is 0.0717. The van der Waals surface area contributed by atoms with Crippen molar-refractivity contribution in [3.8, 4) is 0 Å². The van der Waals surface area contributed by atoms with Crippen molar-refractivity contribution in [3.05, 3.63) is 28.5 Å².